The third-order valence-corrected chi connectivity index (χ3v) is 10.3. The van der Waals surface area contributed by atoms with Crippen LogP contribution in [0.4, 0.5) is 0 Å². The maximum atomic E-state index is 14.0. The molecule has 0 unspecified atom stereocenters. The average Bonchev–Trinajstić information content (AvgIpc) is 3.75. The predicted octanol–water partition coefficient (Wildman–Crippen LogP) is -6.65. The van der Waals surface area contributed by atoms with Gasteiger partial charge in [0.1, 0.15) is 42.3 Å². The minimum Gasteiger partial charge on any atom is -0.481 e. The Balaban J connectivity index is 3.30. The smallest absolute Gasteiger partial charge is 0.326 e. The number of guanidine groups is 2. The highest BCUT2D eigenvalue weighted by atomic mass is 16.4. The van der Waals surface area contributed by atoms with Gasteiger partial charge >= 0.3 is 11.9 Å². The van der Waals surface area contributed by atoms with Crippen molar-refractivity contribution in [3.63, 3.8) is 0 Å². The molecule has 1 rings (SSSR count). The summed E-state index contributed by atoms with van der Waals surface area (Å²) < 4.78 is 0. The number of primary amides is 1. The maximum Gasteiger partial charge on any atom is 0.326 e. The number of aliphatic carboxylic acids is 2. The third-order valence-electron chi connectivity index (χ3n) is 10.3. The second-order valence-electron chi connectivity index (χ2n) is 16.7. The van der Waals surface area contributed by atoms with Crippen molar-refractivity contribution in [3.05, 3.63) is 0 Å². The van der Waals surface area contributed by atoms with Gasteiger partial charge in [0.2, 0.25) is 53.2 Å². The Hall–Kier alpha value is -7.33. The van der Waals surface area contributed by atoms with E-state index in [1.165, 1.54) is 18.7 Å². The predicted molar refractivity (Wildman–Crippen MR) is 246 cm³/mol. The van der Waals surface area contributed by atoms with Crippen molar-refractivity contribution >= 4 is 77.0 Å². The van der Waals surface area contributed by atoms with Gasteiger partial charge < -0.3 is 86.7 Å². The van der Waals surface area contributed by atoms with Crippen LogP contribution in [-0.4, -0.2) is 167 Å². The molecule has 1 saturated heterocycles. The van der Waals surface area contributed by atoms with Gasteiger partial charge in [0.15, 0.2) is 11.9 Å². The van der Waals surface area contributed by atoms with Crippen LogP contribution in [0.3, 0.4) is 0 Å². The topological polar surface area (TPSA) is 497 Å². The van der Waals surface area contributed by atoms with Crippen LogP contribution >= 0.6 is 0 Å². The number of nitrogens with zero attached hydrogens (tertiary/aromatic N) is 3. The zero-order chi connectivity index (χ0) is 52.5. The van der Waals surface area contributed by atoms with Crippen molar-refractivity contribution in [2.75, 3.05) is 26.2 Å². The fraction of sp³-hybridized carbons (Fsp3) is 0.675. The monoisotopic (exact) mass is 983 g/mol. The molecule has 1 aliphatic heterocycles. The first kappa shape index (κ1) is 59.7. The van der Waals surface area contributed by atoms with Crippen molar-refractivity contribution in [3.8, 4) is 0 Å². The lowest BCUT2D eigenvalue weighted by Crippen LogP contribution is -2.59. The Bertz CT molecular complexity index is 1910. The molecule has 8 atom stereocenters. The number of hydrogen-bond acceptors (Lipinski definition) is 14. The van der Waals surface area contributed by atoms with Gasteiger partial charge in [0.25, 0.3) is 0 Å². The van der Waals surface area contributed by atoms with E-state index in [9.17, 15) is 63.0 Å². The highest BCUT2D eigenvalue weighted by molar-refractivity contribution is 5.98. The van der Waals surface area contributed by atoms with Crippen LogP contribution in [0.25, 0.3) is 0 Å². The summed E-state index contributed by atoms with van der Waals surface area (Å²) in [5.74, 6) is -10.9. The fourth-order valence-corrected chi connectivity index (χ4v) is 6.71. The molecule has 0 bridgehead atoms. The molecule has 1 aliphatic rings. The lowest BCUT2D eigenvalue weighted by atomic mass is 10.0. The first-order valence-electron chi connectivity index (χ1n) is 22.2. The van der Waals surface area contributed by atoms with Crippen molar-refractivity contribution in [1.29, 1.82) is 0 Å². The number of aliphatic imine (C=N–C) groups is 2. The van der Waals surface area contributed by atoms with E-state index < -0.39 is 139 Å². The second-order valence-corrected chi connectivity index (χ2v) is 16.7. The van der Waals surface area contributed by atoms with E-state index in [-0.39, 0.29) is 76.0 Å². The van der Waals surface area contributed by atoms with Gasteiger partial charge in [-0.15, -0.1) is 0 Å². The summed E-state index contributed by atoms with van der Waals surface area (Å²) in [6, 6.07) is -10.7. The molecule has 29 heteroatoms. The molecule has 21 N–H and O–H groups in total. The van der Waals surface area contributed by atoms with Gasteiger partial charge in [-0.05, 0) is 71.1 Å². The molecule has 0 aromatic heterocycles. The van der Waals surface area contributed by atoms with Crippen molar-refractivity contribution in [1.82, 2.24) is 42.1 Å². The molecule has 0 aromatic carbocycles. The number of carbonyl (C=O) groups is 11. The van der Waals surface area contributed by atoms with Crippen LogP contribution in [-0.2, 0) is 52.7 Å². The Kier molecular flexibility index (Phi) is 26.1. The maximum absolute atomic E-state index is 14.0. The number of carboxylic acids is 2. The number of carbonyl (C=O) groups excluding carboxylic acids is 9. The number of carboxylic acid groups (broad SMARTS) is 2. The largest absolute Gasteiger partial charge is 0.481 e. The zero-order valence-corrected chi connectivity index (χ0v) is 39.3. The number of hydrogen-bond donors (Lipinski definition) is 15. The highest BCUT2D eigenvalue weighted by Gasteiger charge is 2.37. The summed E-state index contributed by atoms with van der Waals surface area (Å²) in [6.45, 7) is 5.58. The van der Waals surface area contributed by atoms with Gasteiger partial charge in [-0.25, -0.2) is 4.79 Å². The van der Waals surface area contributed by atoms with Crippen LogP contribution in [0.15, 0.2) is 9.98 Å². The molecule has 9 amide bonds. The molecule has 0 spiro atoms. The van der Waals surface area contributed by atoms with Crippen LogP contribution in [0.1, 0.15) is 91.9 Å². The Morgan fingerprint density at radius 2 is 1.10 bits per heavy atom. The Morgan fingerprint density at radius 3 is 1.58 bits per heavy atom. The molecular formula is C40H70N16O13. The van der Waals surface area contributed by atoms with Crippen LogP contribution in [0, 0.1) is 5.92 Å². The molecular weight excluding hydrogens is 913 g/mol. The van der Waals surface area contributed by atoms with E-state index in [4.69, 9.17) is 34.4 Å². The van der Waals surface area contributed by atoms with E-state index in [0.717, 1.165) is 0 Å². The van der Waals surface area contributed by atoms with E-state index in [0.29, 0.717) is 6.42 Å². The van der Waals surface area contributed by atoms with E-state index >= 15 is 0 Å². The number of nitrogens with two attached hydrogens (primary N) is 6. The SMILES string of the molecule is CC(C)C[C@H](NC(=O)[C@@H]1CCCN1C(=O)CNC(=O)[C@H](CCCN=C(N)N)NC(=O)[C@H](CCCN=C(N)N)NC(=O)[C@H](CCC(=O)O)NC(=O)[C@H](C)NC(=O)[C@H](C)NC(=O)[C@@H](N)CC(N)=O)C(=O)O. The standard InChI is InChI=1S/C40H70N16O13/c1-19(2)16-26(38(68)69)55-37(67)27-10-7-15-56(27)29(58)18-49-34(64)23(8-5-13-47-39(43)44)53-35(65)24(9-6-14-48-40(45)46)54-36(66)25(11-12-30(59)60)52-32(62)21(4)50-31(61)20(3)51-33(63)22(41)17-28(42)57/h19-27H,5-18,41H2,1-4H3,(H2,42,57)(H,49,64)(H,50,61)(H,51,63)(H,52,62)(H,53,65)(H,54,66)(H,55,67)(H,59,60)(H,68,69)(H4,43,44,47)(H4,45,46,48)/t20-,21-,22-,23-,24-,25-,26-,27-/m0/s1. The molecule has 69 heavy (non-hydrogen) atoms. The molecule has 0 saturated carbocycles. The number of likely N-dealkylation sites (tertiary alicyclic amines) is 1. The van der Waals surface area contributed by atoms with Crippen molar-refractivity contribution in [2.45, 2.75) is 140 Å². The van der Waals surface area contributed by atoms with E-state index in [1.807, 2.05) is 0 Å². The minimum absolute atomic E-state index is 0.0147. The lowest BCUT2D eigenvalue weighted by Gasteiger charge is -2.27. The molecule has 1 fully saturated rings. The highest BCUT2D eigenvalue weighted by Crippen LogP contribution is 2.18. The van der Waals surface area contributed by atoms with Crippen molar-refractivity contribution < 1.29 is 63.0 Å². The fourth-order valence-electron chi connectivity index (χ4n) is 6.71. The van der Waals surface area contributed by atoms with Gasteiger partial charge in [0, 0.05) is 26.1 Å². The van der Waals surface area contributed by atoms with Gasteiger partial charge in [-0.2, -0.15) is 0 Å². The Labute approximate surface area is 398 Å². The second kappa shape index (κ2) is 30.1. The van der Waals surface area contributed by atoms with Crippen LogP contribution in [0.5, 0.6) is 0 Å². The quantitative estimate of drug-likeness (QED) is 0.0174. The lowest BCUT2D eigenvalue weighted by molar-refractivity contribution is -0.144. The van der Waals surface area contributed by atoms with Crippen LogP contribution in [0.2, 0.25) is 0 Å². The van der Waals surface area contributed by atoms with E-state index in [2.05, 4.69) is 47.2 Å². The number of amides is 9. The molecule has 0 aliphatic carbocycles. The Morgan fingerprint density at radius 1 is 0.623 bits per heavy atom. The molecule has 29 nitrogen and oxygen atoms in total. The van der Waals surface area contributed by atoms with E-state index in [1.54, 1.807) is 13.8 Å². The zero-order valence-electron chi connectivity index (χ0n) is 39.3. The molecule has 0 aromatic rings. The minimum atomic E-state index is -1.61. The molecule has 388 valence electrons. The van der Waals surface area contributed by atoms with Gasteiger partial charge in [-0.1, -0.05) is 13.8 Å². The van der Waals surface area contributed by atoms with Gasteiger partial charge in [0.05, 0.1) is 19.0 Å². The normalized spacial score (nSPS) is 16.1. The summed E-state index contributed by atoms with van der Waals surface area (Å²) >= 11 is 0. The molecule has 1 heterocycles. The summed E-state index contributed by atoms with van der Waals surface area (Å²) in [7, 11) is 0. The number of rotatable bonds is 31. The summed E-state index contributed by atoms with van der Waals surface area (Å²) in [5.41, 5.74) is 32.4. The van der Waals surface area contributed by atoms with Crippen LogP contribution < -0.4 is 71.6 Å². The van der Waals surface area contributed by atoms with Crippen molar-refractivity contribution in [2.24, 2.45) is 50.3 Å². The molecule has 0 radical (unpaired) electrons. The number of nitrogens with one attached hydrogen (secondary N) is 7. The first-order valence-corrected chi connectivity index (χ1v) is 22.2. The summed E-state index contributed by atoms with van der Waals surface area (Å²) in [5, 5.41) is 35.9. The summed E-state index contributed by atoms with van der Waals surface area (Å²) in [6.07, 6.45) is -0.918. The third kappa shape index (κ3) is 23.3. The first-order chi connectivity index (χ1) is 32.2. The van der Waals surface area contributed by atoms with Gasteiger partial charge in [-0.3, -0.25) is 57.9 Å². The summed E-state index contributed by atoms with van der Waals surface area (Å²) in [4.78, 5) is 150. The average molecular weight is 983 g/mol.